The number of thioether (sulfide) groups is 1. The fraction of sp³-hybridized carbons (Fsp3) is 0.903. The first-order valence-electron chi connectivity index (χ1n) is 15.6. The van der Waals surface area contributed by atoms with E-state index in [-0.39, 0.29) is 30.3 Å². The van der Waals surface area contributed by atoms with Crippen molar-refractivity contribution in [3.63, 3.8) is 0 Å². The summed E-state index contributed by atoms with van der Waals surface area (Å²) in [6.07, 6.45) is 23.5. The van der Waals surface area contributed by atoms with E-state index < -0.39 is 6.10 Å². The average Bonchev–Trinajstić information content (AvgIpc) is 2.90. The Labute approximate surface area is 237 Å². The summed E-state index contributed by atoms with van der Waals surface area (Å²) in [6.45, 7) is 3.44. The summed E-state index contributed by atoms with van der Waals surface area (Å²) < 4.78 is 10.5. The summed E-state index contributed by atoms with van der Waals surface area (Å²) in [5.74, 6) is 0.311. The molecule has 6 nitrogen and oxygen atoms in total. The molecule has 0 spiro atoms. The van der Waals surface area contributed by atoms with E-state index in [1.54, 1.807) is 6.92 Å². The average molecular weight is 559 g/mol. The third-order valence-corrected chi connectivity index (χ3v) is 7.65. The number of aliphatic hydroxyl groups is 1. The van der Waals surface area contributed by atoms with Crippen molar-refractivity contribution in [2.75, 3.05) is 19.0 Å². The minimum absolute atomic E-state index is 0.0791. The molecule has 0 radical (unpaired) electrons. The largest absolute Gasteiger partial charge is 0.462 e. The molecule has 0 aliphatic carbocycles. The molecule has 0 amide bonds. The van der Waals surface area contributed by atoms with Crippen LogP contribution in [0.5, 0.6) is 0 Å². The summed E-state index contributed by atoms with van der Waals surface area (Å²) in [7, 11) is 0. The van der Waals surface area contributed by atoms with Gasteiger partial charge in [-0.1, -0.05) is 128 Å². The van der Waals surface area contributed by atoms with E-state index in [2.05, 4.69) is 6.92 Å². The SMILES string of the molecule is CCCCCCCCCCCCCC(=O)O[C@@H](CO)COC(=O)CCCCCCCCCCCSC(C)=O. The van der Waals surface area contributed by atoms with Gasteiger partial charge in [0.2, 0.25) is 0 Å². The first-order valence-corrected chi connectivity index (χ1v) is 16.6. The van der Waals surface area contributed by atoms with Gasteiger partial charge in [-0.25, -0.2) is 0 Å². The fourth-order valence-corrected chi connectivity index (χ4v) is 5.02. The Hall–Kier alpha value is -1.08. The van der Waals surface area contributed by atoms with Crippen LogP contribution in [-0.2, 0) is 23.9 Å². The minimum atomic E-state index is -0.778. The van der Waals surface area contributed by atoms with E-state index in [1.807, 2.05) is 0 Å². The molecule has 0 aromatic rings. The molecule has 0 unspecified atom stereocenters. The molecule has 0 aromatic carbocycles. The highest BCUT2D eigenvalue weighted by Gasteiger charge is 2.16. The van der Waals surface area contributed by atoms with E-state index in [0.29, 0.717) is 12.8 Å². The van der Waals surface area contributed by atoms with Crippen LogP contribution < -0.4 is 0 Å². The zero-order chi connectivity index (χ0) is 28.1. The quantitative estimate of drug-likeness (QED) is 0.0762. The van der Waals surface area contributed by atoms with Crippen LogP contribution in [0.15, 0.2) is 0 Å². The number of rotatable bonds is 28. The van der Waals surface area contributed by atoms with Crippen molar-refractivity contribution in [2.45, 2.75) is 161 Å². The van der Waals surface area contributed by atoms with Crippen LogP contribution in [0.25, 0.3) is 0 Å². The molecule has 0 aliphatic heterocycles. The van der Waals surface area contributed by atoms with Crippen LogP contribution in [0, 0.1) is 0 Å². The van der Waals surface area contributed by atoms with Gasteiger partial charge in [0.15, 0.2) is 11.2 Å². The summed E-state index contributed by atoms with van der Waals surface area (Å²) >= 11 is 1.42. The topological polar surface area (TPSA) is 89.9 Å². The molecular formula is C31H58O6S. The van der Waals surface area contributed by atoms with Crippen LogP contribution in [0.1, 0.15) is 155 Å². The number of hydrogen-bond donors (Lipinski definition) is 1. The Kier molecular flexibility index (Phi) is 28.1. The van der Waals surface area contributed by atoms with Crippen LogP contribution >= 0.6 is 11.8 Å². The Morgan fingerprint density at radius 3 is 1.50 bits per heavy atom. The Bertz CT molecular complexity index is 569. The molecule has 0 bridgehead atoms. The lowest BCUT2D eigenvalue weighted by Crippen LogP contribution is -2.28. The van der Waals surface area contributed by atoms with Gasteiger partial charge in [0.05, 0.1) is 6.61 Å². The van der Waals surface area contributed by atoms with Crippen molar-refractivity contribution in [3.8, 4) is 0 Å². The second kappa shape index (κ2) is 28.9. The second-order valence-electron chi connectivity index (χ2n) is 10.5. The van der Waals surface area contributed by atoms with E-state index in [4.69, 9.17) is 9.47 Å². The molecule has 0 heterocycles. The van der Waals surface area contributed by atoms with E-state index >= 15 is 0 Å². The van der Waals surface area contributed by atoms with Crippen molar-refractivity contribution in [3.05, 3.63) is 0 Å². The maximum Gasteiger partial charge on any atom is 0.306 e. The molecule has 224 valence electrons. The zero-order valence-corrected chi connectivity index (χ0v) is 25.5. The number of ether oxygens (including phenoxy) is 2. The van der Waals surface area contributed by atoms with Crippen LogP contribution in [-0.4, -0.2) is 47.2 Å². The summed E-state index contributed by atoms with van der Waals surface area (Å²) in [5.41, 5.74) is 0. The van der Waals surface area contributed by atoms with Gasteiger partial charge in [0.25, 0.3) is 0 Å². The molecule has 0 fully saturated rings. The first kappa shape index (κ1) is 36.9. The van der Waals surface area contributed by atoms with Gasteiger partial charge in [-0.15, -0.1) is 0 Å². The Morgan fingerprint density at radius 1 is 0.632 bits per heavy atom. The summed E-state index contributed by atoms with van der Waals surface area (Å²) in [5, 5.41) is 9.67. The smallest absolute Gasteiger partial charge is 0.306 e. The molecule has 38 heavy (non-hydrogen) atoms. The third kappa shape index (κ3) is 27.9. The number of unbranched alkanes of at least 4 members (excludes halogenated alkanes) is 18. The van der Waals surface area contributed by atoms with Gasteiger partial charge in [0, 0.05) is 25.5 Å². The molecule has 1 atom stereocenters. The van der Waals surface area contributed by atoms with E-state index in [1.165, 1.54) is 95.2 Å². The highest BCUT2D eigenvalue weighted by molar-refractivity contribution is 8.13. The maximum absolute atomic E-state index is 12.0. The minimum Gasteiger partial charge on any atom is -0.462 e. The molecule has 0 saturated heterocycles. The highest BCUT2D eigenvalue weighted by atomic mass is 32.2. The predicted octanol–water partition coefficient (Wildman–Crippen LogP) is 8.32. The number of aliphatic hydroxyl groups excluding tert-OH is 1. The van der Waals surface area contributed by atoms with Gasteiger partial charge in [-0.05, 0) is 19.3 Å². The summed E-state index contributed by atoms with van der Waals surface area (Å²) in [4.78, 5) is 34.9. The van der Waals surface area contributed by atoms with E-state index in [0.717, 1.165) is 50.7 Å². The van der Waals surface area contributed by atoms with Crippen molar-refractivity contribution in [1.29, 1.82) is 0 Å². The predicted molar refractivity (Wildman–Crippen MR) is 158 cm³/mol. The van der Waals surface area contributed by atoms with Gasteiger partial charge in [-0.2, -0.15) is 0 Å². The van der Waals surface area contributed by atoms with Crippen LogP contribution in [0.2, 0.25) is 0 Å². The van der Waals surface area contributed by atoms with Crippen LogP contribution in [0.4, 0.5) is 0 Å². The zero-order valence-electron chi connectivity index (χ0n) is 24.7. The number of esters is 2. The number of carbonyl (C=O) groups excluding carboxylic acids is 3. The van der Waals surface area contributed by atoms with Crippen molar-refractivity contribution in [1.82, 2.24) is 0 Å². The molecule has 1 N–H and O–H groups in total. The van der Waals surface area contributed by atoms with Gasteiger partial charge >= 0.3 is 11.9 Å². The maximum atomic E-state index is 12.0. The van der Waals surface area contributed by atoms with Crippen molar-refractivity contribution in [2.24, 2.45) is 0 Å². The molecule has 0 aromatic heterocycles. The molecule has 0 rings (SSSR count). The highest BCUT2D eigenvalue weighted by Crippen LogP contribution is 2.14. The number of hydrogen-bond acceptors (Lipinski definition) is 7. The third-order valence-electron chi connectivity index (χ3n) is 6.75. The molecule has 0 aliphatic rings. The van der Waals surface area contributed by atoms with Gasteiger partial charge in [-0.3, -0.25) is 14.4 Å². The molecule has 0 saturated carbocycles. The Morgan fingerprint density at radius 2 is 1.05 bits per heavy atom. The lowest BCUT2D eigenvalue weighted by atomic mass is 10.1. The monoisotopic (exact) mass is 558 g/mol. The standard InChI is InChI=1S/C31H58O6S/c1-3-4-5-6-7-8-9-11-15-18-21-24-31(35)37-29(26-32)27-36-30(34)23-20-17-14-12-10-13-16-19-22-25-38-28(2)33/h29,32H,3-27H2,1-2H3/t29-/m0/s1. The van der Waals surface area contributed by atoms with Gasteiger partial charge < -0.3 is 14.6 Å². The fourth-order valence-electron chi connectivity index (χ4n) is 4.39. The first-order chi connectivity index (χ1) is 18.5. The lowest BCUT2D eigenvalue weighted by Gasteiger charge is -2.15. The van der Waals surface area contributed by atoms with Crippen molar-refractivity contribution < 1.29 is 29.0 Å². The Balaban J connectivity index is 3.56. The van der Waals surface area contributed by atoms with Crippen LogP contribution in [0.3, 0.4) is 0 Å². The second-order valence-corrected chi connectivity index (χ2v) is 11.8. The molecule has 7 heteroatoms. The van der Waals surface area contributed by atoms with Crippen molar-refractivity contribution >= 4 is 28.8 Å². The number of carbonyl (C=O) groups is 3. The molecular weight excluding hydrogens is 500 g/mol. The summed E-state index contributed by atoms with van der Waals surface area (Å²) in [6, 6.07) is 0. The van der Waals surface area contributed by atoms with Gasteiger partial charge in [0.1, 0.15) is 6.61 Å². The lowest BCUT2D eigenvalue weighted by molar-refractivity contribution is -0.161. The normalized spacial score (nSPS) is 11.9. The van der Waals surface area contributed by atoms with E-state index in [9.17, 15) is 19.5 Å².